The van der Waals surface area contributed by atoms with Gasteiger partial charge >= 0.3 is 0 Å². The lowest BCUT2D eigenvalue weighted by atomic mass is 10.1. The predicted molar refractivity (Wildman–Crippen MR) is 138 cm³/mol. The molecule has 4 aromatic rings. The molecule has 0 saturated heterocycles. The molecule has 0 aliphatic carbocycles. The van der Waals surface area contributed by atoms with E-state index in [4.69, 9.17) is 15.2 Å². The van der Waals surface area contributed by atoms with Crippen LogP contribution >= 0.6 is 0 Å². The Kier molecular flexibility index (Phi) is 8.54. The Balaban J connectivity index is 1.53. The molecule has 0 saturated carbocycles. The number of nitrogens with zero attached hydrogens (tertiary/aromatic N) is 5. The monoisotopic (exact) mass is 525 g/mol. The number of pyridine rings is 1. The molecule has 3 aromatic heterocycles. The number of aryl methyl sites for hydroxylation is 1. The number of rotatable bonds is 13. The predicted octanol–water partition coefficient (Wildman–Crippen LogP) is 2.94. The minimum atomic E-state index is -2.73. The highest BCUT2D eigenvalue weighted by Crippen LogP contribution is 2.28. The Morgan fingerprint density at radius 3 is 2.66 bits per heavy atom. The van der Waals surface area contributed by atoms with Crippen molar-refractivity contribution in [3.05, 3.63) is 65.8 Å². The number of nitrogens with two attached hydrogens (primary N) is 1. The van der Waals surface area contributed by atoms with Crippen LogP contribution in [0, 0.1) is 0 Å². The van der Waals surface area contributed by atoms with Gasteiger partial charge < -0.3 is 20.5 Å². The Morgan fingerprint density at radius 1 is 1.16 bits per heavy atom. The molecular weight excluding hydrogens is 496 g/mol. The number of methoxy groups -OCH3 is 1. The number of carbonyl (C=O) groups excluding carboxylic acids is 1. The van der Waals surface area contributed by atoms with E-state index in [1.165, 1.54) is 17.7 Å². The van der Waals surface area contributed by atoms with Crippen LogP contribution in [0.4, 0.5) is 8.78 Å². The highest BCUT2D eigenvalue weighted by molar-refractivity contribution is 5.98. The second-order valence-electron chi connectivity index (χ2n) is 8.76. The lowest BCUT2D eigenvalue weighted by molar-refractivity contribution is -0.117. The van der Waals surface area contributed by atoms with Crippen LogP contribution in [-0.4, -0.2) is 63.8 Å². The zero-order valence-corrected chi connectivity index (χ0v) is 21.2. The van der Waals surface area contributed by atoms with Gasteiger partial charge in [0, 0.05) is 49.5 Å². The van der Waals surface area contributed by atoms with Crippen molar-refractivity contribution in [2.24, 2.45) is 5.73 Å². The van der Waals surface area contributed by atoms with E-state index in [9.17, 15) is 13.6 Å². The van der Waals surface area contributed by atoms with Crippen molar-refractivity contribution in [2.45, 2.75) is 31.8 Å². The van der Waals surface area contributed by atoms with Crippen molar-refractivity contribution in [1.82, 2.24) is 30.1 Å². The van der Waals surface area contributed by atoms with Crippen LogP contribution in [0.1, 0.15) is 29.9 Å². The van der Waals surface area contributed by atoms with Gasteiger partial charge in [-0.25, -0.2) is 8.78 Å². The number of benzene rings is 1. The molecule has 0 amide bonds. The van der Waals surface area contributed by atoms with Crippen molar-refractivity contribution in [3.63, 3.8) is 0 Å². The summed E-state index contributed by atoms with van der Waals surface area (Å²) in [5, 5.41) is 17.0. The van der Waals surface area contributed by atoms with E-state index in [0.717, 1.165) is 10.9 Å². The largest absolute Gasteiger partial charge is 0.470 e. The average Bonchev–Trinajstić information content (AvgIpc) is 3.34. The summed E-state index contributed by atoms with van der Waals surface area (Å²) in [6, 6.07) is 10.9. The maximum atomic E-state index is 13.9. The molecule has 0 radical (unpaired) electrons. The van der Waals surface area contributed by atoms with E-state index >= 15 is 0 Å². The Morgan fingerprint density at radius 2 is 1.95 bits per heavy atom. The van der Waals surface area contributed by atoms with Gasteiger partial charge in [0.1, 0.15) is 13.2 Å². The van der Waals surface area contributed by atoms with Gasteiger partial charge in [0.15, 0.2) is 11.4 Å². The molecule has 3 N–H and O–H groups in total. The van der Waals surface area contributed by atoms with Crippen molar-refractivity contribution in [2.75, 3.05) is 27.3 Å². The molecule has 0 fully saturated rings. The molecule has 38 heavy (non-hydrogen) atoms. The third-order valence-electron chi connectivity index (χ3n) is 5.85. The molecule has 0 bridgehead atoms. The fourth-order valence-electron chi connectivity index (χ4n) is 3.85. The van der Waals surface area contributed by atoms with Gasteiger partial charge in [-0.15, -0.1) is 15.3 Å². The molecular formula is C26H29F2N7O3. The van der Waals surface area contributed by atoms with Gasteiger partial charge in [-0.05, 0) is 31.2 Å². The number of ketones is 1. The molecule has 0 atom stereocenters. The summed E-state index contributed by atoms with van der Waals surface area (Å²) in [4.78, 5) is 16.3. The molecule has 0 spiro atoms. The van der Waals surface area contributed by atoms with E-state index < -0.39 is 5.92 Å². The maximum absolute atomic E-state index is 13.9. The van der Waals surface area contributed by atoms with Crippen LogP contribution in [-0.2, 0) is 22.6 Å². The van der Waals surface area contributed by atoms with Crippen molar-refractivity contribution >= 4 is 27.9 Å². The first kappa shape index (κ1) is 27.0. The van der Waals surface area contributed by atoms with Crippen molar-refractivity contribution in [1.29, 1.82) is 0 Å². The summed E-state index contributed by atoms with van der Waals surface area (Å²) in [7, 11) is 3.07. The number of alkyl halides is 2. The summed E-state index contributed by atoms with van der Waals surface area (Å²) in [5.41, 5.74) is 7.97. The van der Waals surface area contributed by atoms with Crippen LogP contribution in [0.15, 0.2) is 48.7 Å². The molecule has 1 aromatic carbocycles. The average molecular weight is 526 g/mol. The zero-order chi connectivity index (χ0) is 27.1. The first-order chi connectivity index (χ1) is 18.3. The summed E-state index contributed by atoms with van der Waals surface area (Å²) >= 11 is 0. The standard InChI is InChI=1S/C26H29F2N7O3/c1-30-12-11-26(27,28)10-9-17-7-8-18(31-14-17)15-38-25-21-6-4-3-5-20(21)23-32-33-24(35(23)34-25)22(29)13-19(36)16-37-2/h3-8,13-14,30H,9-12,15-16,29H2,1-2H3. The van der Waals surface area contributed by atoms with Gasteiger partial charge in [0.2, 0.25) is 17.6 Å². The normalized spacial score (nSPS) is 12.4. The minimum absolute atomic E-state index is 0.0853. The van der Waals surface area contributed by atoms with Crippen molar-refractivity contribution < 1.29 is 23.0 Å². The second-order valence-corrected chi connectivity index (χ2v) is 8.76. The highest BCUT2D eigenvalue weighted by atomic mass is 19.3. The van der Waals surface area contributed by atoms with Gasteiger partial charge in [-0.1, -0.05) is 24.3 Å². The van der Waals surface area contributed by atoms with Crippen molar-refractivity contribution in [3.8, 4) is 5.88 Å². The number of hydrogen-bond acceptors (Lipinski definition) is 9. The molecule has 0 unspecified atom stereocenters. The van der Waals surface area contributed by atoms with Gasteiger partial charge in [0.05, 0.1) is 11.4 Å². The number of ether oxygens (including phenoxy) is 2. The maximum Gasteiger partial charge on any atom is 0.249 e. The van der Waals surface area contributed by atoms with Gasteiger partial charge in [0.25, 0.3) is 0 Å². The number of halogens is 2. The Bertz CT molecular complexity index is 1440. The quantitative estimate of drug-likeness (QED) is 0.253. The third kappa shape index (κ3) is 6.45. The van der Waals surface area contributed by atoms with Crippen LogP contribution in [0.25, 0.3) is 22.1 Å². The summed E-state index contributed by atoms with van der Waals surface area (Å²) in [5.74, 6) is -2.57. The molecule has 200 valence electrons. The molecule has 0 aliphatic heterocycles. The number of hydrogen-bond donors (Lipinski definition) is 2. The Hall–Kier alpha value is -4.03. The molecule has 10 nitrogen and oxygen atoms in total. The number of carbonyl (C=O) groups is 1. The van der Waals surface area contributed by atoms with Crippen LogP contribution in [0.5, 0.6) is 5.88 Å². The fourth-order valence-corrected chi connectivity index (χ4v) is 3.85. The minimum Gasteiger partial charge on any atom is -0.470 e. The van der Waals surface area contributed by atoms with E-state index in [0.29, 0.717) is 22.6 Å². The lowest BCUT2D eigenvalue weighted by Gasteiger charge is -2.16. The third-order valence-corrected chi connectivity index (χ3v) is 5.85. The lowest BCUT2D eigenvalue weighted by Crippen LogP contribution is -2.23. The topological polar surface area (TPSA) is 130 Å². The molecule has 12 heteroatoms. The SMILES string of the molecule is CNCCC(F)(F)CCc1ccc(COc2nn3c(C(N)=CC(=O)COC)nnc3c3ccccc23)nc1. The summed E-state index contributed by atoms with van der Waals surface area (Å²) in [6.07, 6.45) is 2.60. The van der Waals surface area contributed by atoms with Crippen LogP contribution in [0.3, 0.4) is 0 Å². The summed E-state index contributed by atoms with van der Waals surface area (Å²) in [6.45, 7) is 0.240. The number of fused-ring (bicyclic) bond motifs is 3. The van der Waals surface area contributed by atoms with Gasteiger partial charge in [-0.3, -0.25) is 9.78 Å². The fraction of sp³-hybridized carbons (Fsp3) is 0.346. The molecule has 0 aliphatic rings. The first-order valence-electron chi connectivity index (χ1n) is 12.0. The first-order valence-corrected chi connectivity index (χ1v) is 12.0. The smallest absolute Gasteiger partial charge is 0.249 e. The van der Waals surface area contributed by atoms with E-state index in [1.54, 1.807) is 25.4 Å². The van der Waals surface area contributed by atoms with E-state index in [1.807, 2.05) is 24.3 Å². The van der Waals surface area contributed by atoms with E-state index in [-0.39, 0.29) is 56.3 Å². The van der Waals surface area contributed by atoms with Gasteiger partial charge in [-0.2, -0.15) is 4.52 Å². The van der Waals surface area contributed by atoms with E-state index in [2.05, 4.69) is 25.6 Å². The van der Waals surface area contributed by atoms with Crippen LogP contribution in [0.2, 0.25) is 0 Å². The highest BCUT2D eigenvalue weighted by Gasteiger charge is 2.27. The van der Waals surface area contributed by atoms with Crippen LogP contribution < -0.4 is 15.8 Å². The molecule has 3 heterocycles. The Labute approximate surface area is 217 Å². The summed E-state index contributed by atoms with van der Waals surface area (Å²) < 4.78 is 40.2. The zero-order valence-electron chi connectivity index (χ0n) is 21.2. The molecule has 4 rings (SSSR count). The number of nitrogens with one attached hydrogen (secondary N) is 1. The second kappa shape index (κ2) is 12.0. The number of aromatic nitrogens is 5.